The number of aromatic nitrogens is 2. The highest BCUT2D eigenvalue weighted by Gasteiger charge is 2.19. The predicted octanol–water partition coefficient (Wildman–Crippen LogP) is 4.32. The summed E-state index contributed by atoms with van der Waals surface area (Å²) in [5.74, 6) is -0.486. The minimum absolute atomic E-state index is 0.192. The van der Waals surface area contributed by atoms with Crippen LogP contribution in [0.15, 0.2) is 53.0 Å². The van der Waals surface area contributed by atoms with Crippen molar-refractivity contribution in [2.45, 2.75) is 20.4 Å². The molecule has 6 heteroatoms. The number of hydrogen-bond acceptors (Lipinski definition) is 2. The fraction of sp³-hybridized carbons (Fsp3) is 0.158. The molecule has 0 saturated carbocycles. The number of benzene rings is 2. The Kier molecular flexibility index (Phi) is 4.99. The summed E-state index contributed by atoms with van der Waals surface area (Å²) in [4.78, 5) is 12.6. The Hall–Kier alpha value is -2.47. The third-order valence-electron chi connectivity index (χ3n) is 3.96. The standard InChI is InChI=1S/C19H17BrFN3O/c1-12-18(19(25)22-11-14-3-7-16(21)8-4-14)13(2)24(23-12)17-9-5-15(20)6-10-17/h3-10H,11H2,1-2H3,(H,22,25). The third kappa shape index (κ3) is 3.79. The van der Waals surface area contributed by atoms with Crippen LogP contribution in [-0.4, -0.2) is 15.7 Å². The molecule has 1 aromatic heterocycles. The second-order valence-electron chi connectivity index (χ2n) is 5.74. The van der Waals surface area contributed by atoms with E-state index in [0.29, 0.717) is 17.8 Å². The fourth-order valence-corrected chi connectivity index (χ4v) is 2.94. The van der Waals surface area contributed by atoms with Crippen molar-refractivity contribution in [1.29, 1.82) is 0 Å². The van der Waals surface area contributed by atoms with E-state index in [-0.39, 0.29) is 11.7 Å². The van der Waals surface area contributed by atoms with E-state index < -0.39 is 0 Å². The lowest BCUT2D eigenvalue weighted by Crippen LogP contribution is -2.24. The highest BCUT2D eigenvalue weighted by Crippen LogP contribution is 2.20. The molecule has 0 aliphatic heterocycles. The predicted molar refractivity (Wildman–Crippen MR) is 98.3 cm³/mol. The molecule has 0 aliphatic rings. The van der Waals surface area contributed by atoms with Crippen molar-refractivity contribution >= 4 is 21.8 Å². The SMILES string of the molecule is Cc1nn(-c2ccc(Br)cc2)c(C)c1C(=O)NCc1ccc(F)cc1. The van der Waals surface area contributed by atoms with E-state index in [1.807, 2.05) is 38.1 Å². The second-order valence-corrected chi connectivity index (χ2v) is 6.66. The van der Waals surface area contributed by atoms with Gasteiger partial charge in [-0.3, -0.25) is 4.79 Å². The lowest BCUT2D eigenvalue weighted by Gasteiger charge is -2.07. The average Bonchev–Trinajstić information content (AvgIpc) is 2.89. The molecule has 0 fully saturated rings. The Labute approximate surface area is 153 Å². The van der Waals surface area contributed by atoms with Gasteiger partial charge in [0.2, 0.25) is 0 Å². The summed E-state index contributed by atoms with van der Waals surface area (Å²) in [6.07, 6.45) is 0. The molecule has 25 heavy (non-hydrogen) atoms. The van der Waals surface area contributed by atoms with Gasteiger partial charge in [0.05, 0.1) is 22.6 Å². The number of hydrogen-bond donors (Lipinski definition) is 1. The van der Waals surface area contributed by atoms with Crippen molar-refractivity contribution in [3.05, 3.63) is 81.3 Å². The Bertz CT molecular complexity index is 902. The van der Waals surface area contributed by atoms with Gasteiger partial charge in [-0.05, 0) is 55.8 Å². The average molecular weight is 402 g/mol. The molecule has 0 unspecified atom stereocenters. The minimum Gasteiger partial charge on any atom is -0.348 e. The van der Waals surface area contributed by atoms with Gasteiger partial charge in [-0.25, -0.2) is 9.07 Å². The molecule has 3 aromatic rings. The van der Waals surface area contributed by atoms with Gasteiger partial charge in [0, 0.05) is 11.0 Å². The quantitative estimate of drug-likeness (QED) is 0.707. The molecule has 0 atom stereocenters. The summed E-state index contributed by atoms with van der Waals surface area (Å²) in [7, 11) is 0. The van der Waals surface area contributed by atoms with Crippen LogP contribution in [0.3, 0.4) is 0 Å². The van der Waals surface area contributed by atoms with Crippen molar-refractivity contribution in [3.8, 4) is 5.69 Å². The van der Waals surface area contributed by atoms with E-state index in [2.05, 4.69) is 26.3 Å². The van der Waals surface area contributed by atoms with Crippen LogP contribution in [0, 0.1) is 19.7 Å². The highest BCUT2D eigenvalue weighted by molar-refractivity contribution is 9.10. The molecule has 1 N–H and O–H groups in total. The molecule has 4 nitrogen and oxygen atoms in total. The number of carbonyl (C=O) groups is 1. The zero-order valence-corrected chi connectivity index (χ0v) is 15.5. The van der Waals surface area contributed by atoms with E-state index in [9.17, 15) is 9.18 Å². The van der Waals surface area contributed by atoms with E-state index in [0.717, 1.165) is 21.4 Å². The van der Waals surface area contributed by atoms with Crippen LogP contribution >= 0.6 is 15.9 Å². The Morgan fingerprint density at radius 3 is 2.40 bits per heavy atom. The van der Waals surface area contributed by atoms with Crippen LogP contribution in [-0.2, 0) is 6.54 Å². The highest BCUT2D eigenvalue weighted by atomic mass is 79.9. The summed E-state index contributed by atoms with van der Waals surface area (Å²) >= 11 is 3.41. The zero-order valence-electron chi connectivity index (χ0n) is 13.9. The number of amides is 1. The first-order valence-electron chi connectivity index (χ1n) is 7.80. The first kappa shape index (κ1) is 17.4. The van der Waals surface area contributed by atoms with Gasteiger partial charge >= 0.3 is 0 Å². The Morgan fingerprint density at radius 1 is 1.12 bits per heavy atom. The minimum atomic E-state index is -0.294. The summed E-state index contributed by atoms with van der Waals surface area (Å²) in [5.41, 5.74) is 3.73. The van der Waals surface area contributed by atoms with Crippen LogP contribution < -0.4 is 5.32 Å². The molecule has 0 radical (unpaired) electrons. The van der Waals surface area contributed by atoms with E-state index in [1.54, 1.807) is 16.8 Å². The maximum Gasteiger partial charge on any atom is 0.255 e. The van der Waals surface area contributed by atoms with Crippen molar-refractivity contribution in [2.24, 2.45) is 0 Å². The first-order valence-corrected chi connectivity index (χ1v) is 8.60. The van der Waals surface area contributed by atoms with E-state index >= 15 is 0 Å². The number of rotatable bonds is 4. The molecule has 1 heterocycles. The summed E-state index contributed by atoms with van der Waals surface area (Å²) < 4.78 is 15.7. The molecule has 1 amide bonds. The Morgan fingerprint density at radius 2 is 1.76 bits per heavy atom. The molecule has 2 aromatic carbocycles. The summed E-state index contributed by atoms with van der Waals surface area (Å²) in [5, 5.41) is 7.36. The maximum absolute atomic E-state index is 12.9. The molecular formula is C19H17BrFN3O. The fourth-order valence-electron chi connectivity index (χ4n) is 2.68. The normalized spacial score (nSPS) is 10.7. The van der Waals surface area contributed by atoms with Crippen LogP contribution in [0.1, 0.15) is 27.3 Å². The lowest BCUT2D eigenvalue weighted by atomic mass is 10.1. The van der Waals surface area contributed by atoms with Crippen molar-refractivity contribution in [1.82, 2.24) is 15.1 Å². The van der Waals surface area contributed by atoms with Gasteiger partial charge in [0.15, 0.2) is 0 Å². The van der Waals surface area contributed by atoms with Crippen molar-refractivity contribution in [3.63, 3.8) is 0 Å². The van der Waals surface area contributed by atoms with E-state index in [4.69, 9.17) is 0 Å². The maximum atomic E-state index is 12.9. The molecule has 0 bridgehead atoms. The topological polar surface area (TPSA) is 46.9 Å². The molecule has 3 rings (SSSR count). The van der Waals surface area contributed by atoms with E-state index in [1.165, 1.54) is 12.1 Å². The molecule has 0 aliphatic carbocycles. The summed E-state index contributed by atoms with van der Waals surface area (Å²) in [6.45, 7) is 4.02. The van der Waals surface area contributed by atoms with Gasteiger partial charge in [-0.2, -0.15) is 5.10 Å². The third-order valence-corrected chi connectivity index (χ3v) is 4.48. The molecular weight excluding hydrogens is 385 g/mol. The molecule has 0 saturated heterocycles. The van der Waals surface area contributed by atoms with Gasteiger partial charge in [-0.15, -0.1) is 0 Å². The van der Waals surface area contributed by atoms with Gasteiger partial charge < -0.3 is 5.32 Å². The van der Waals surface area contributed by atoms with Crippen LogP contribution in [0.4, 0.5) is 4.39 Å². The first-order chi connectivity index (χ1) is 12.0. The summed E-state index contributed by atoms with van der Waals surface area (Å²) in [6, 6.07) is 13.8. The number of carbonyl (C=O) groups excluding carboxylic acids is 1. The smallest absolute Gasteiger partial charge is 0.255 e. The molecule has 0 spiro atoms. The molecule has 128 valence electrons. The zero-order chi connectivity index (χ0) is 18.0. The van der Waals surface area contributed by atoms with Crippen molar-refractivity contribution in [2.75, 3.05) is 0 Å². The van der Waals surface area contributed by atoms with Crippen molar-refractivity contribution < 1.29 is 9.18 Å². The Balaban J connectivity index is 1.81. The number of nitrogens with zero attached hydrogens (tertiary/aromatic N) is 2. The van der Waals surface area contributed by atoms with Gasteiger partial charge in [0.25, 0.3) is 5.91 Å². The van der Waals surface area contributed by atoms with Crippen LogP contribution in [0.25, 0.3) is 5.69 Å². The van der Waals surface area contributed by atoms with Gasteiger partial charge in [0.1, 0.15) is 5.82 Å². The van der Waals surface area contributed by atoms with Gasteiger partial charge in [-0.1, -0.05) is 28.1 Å². The number of nitrogens with one attached hydrogen (secondary N) is 1. The lowest BCUT2D eigenvalue weighted by molar-refractivity contribution is 0.0949. The van der Waals surface area contributed by atoms with Crippen LogP contribution in [0.5, 0.6) is 0 Å². The largest absolute Gasteiger partial charge is 0.348 e. The number of halogens is 2. The number of aryl methyl sites for hydroxylation is 1. The second kappa shape index (κ2) is 7.19. The monoisotopic (exact) mass is 401 g/mol. The van der Waals surface area contributed by atoms with Crippen LogP contribution in [0.2, 0.25) is 0 Å².